The Morgan fingerprint density at radius 2 is 2.06 bits per heavy atom. The van der Waals surface area contributed by atoms with Crippen LogP contribution in [0.2, 0.25) is 0 Å². The third-order valence-electron chi connectivity index (χ3n) is 2.44. The van der Waals surface area contributed by atoms with E-state index >= 15 is 0 Å². The van der Waals surface area contributed by atoms with Crippen LogP contribution < -0.4 is 4.94 Å². The van der Waals surface area contributed by atoms with Gasteiger partial charge in [0.15, 0.2) is 0 Å². The van der Waals surface area contributed by atoms with Gasteiger partial charge in [-0.25, -0.2) is 4.79 Å². The van der Waals surface area contributed by atoms with Gasteiger partial charge >= 0.3 is 4.94 Å². The molecule has 0 unspecified atom stereocenters. The minimum absolute atomic E-state index is 0.367. The van der Waals surface area contributed by atoms with Crippen molar-refractivity contribution in [1.29, 1.82) is 0 Å². The molecule has 5 heteroatoms. The summed E-state index contributed by atoms with van der Waals surface area (Å²) in [6.45, 7) is 0. The average Bonchev–Trinajstić information content (AvgIpc) is 2.76. The van der Waals surface area contributed by atoms with Gasteiger partial charge in [-0.3, -0.25) is 0 Å². The molecule has 17 heavy (non-hydrogen) atoms. The molecular formula is C12H6BrNO2S. The predicted molar refractivity (Wildman–Crippen MR) is 71.3 cm³/mol. The third kappa shape index (κ3) is 1.92. The fourth-order valence-electron chi connectivity index (χ4n) is 1.69. The Bertz CT molecular complexity index is 747. The lowest BCUT2D eigenvalue weighted by molar-refractivity contribution is 0.543. The van der Waals surface area contributed by atoms with Crippen molar-refractivity contribution in [2.45, 2.75) is 0 Å². The van der Waals surface area contributed by atoms with Crippen molar-refractivity contribution in [3.8, 4) is 11.5 Å². The van der Waals surface area contributed by atoms with Crippen molar-refractivity contribution in [1.82, 2.24) is 4.37 Å². The molecule has 1 heterocycles. The van der Waals surface area contributed by atoms with E-state index in [9.17, 15) is 4.79 Å². The van der Waals surface area contributed by atoms with Crippen molar-refractivity contribution >= 4 is 38.2 Å². The first-order valence-corrected chi connectivity index (χ1v) is 6.46. The highest BCUT2D eigenvalue weighted by Crippen LogP contribution is 2.29. The second-order valence-corrected chi connectivity index (χ2v) is 5.07. The number of aromatic nitrogens is 1. The summed E-state index contributed by atoms with van der Waals surface area (Å²) in [4.78, 5) is 10.6. The van der Waals surface area contributed by atoms with Crippen molar-refractivity contribution in [3.63, 3.8) is 0 Å². The molecule has 0 saturated carbocycles. The number of nitrogens with zero attached hydrogens (tertiary/aromatic N) is 1. The summed E-state index contributed by atoms with van der Waals surface area (Å²) < 4.78 is 9.94. The fourth-order valence-corrected chi connectivity index (χ4v) is 2.72. The van der Waals surface area contributed by atoms with E-state index in [-0.39, 0.29) is 4.94 Å². The van der Waals surface area contributed by atoms with Crippen LogP contribution >= 0.6 is 27.5 Å². The minimum atomic E-state index is -0.385. The number of rotatable bonds is 1. The molecule has 0 saturated heterocycles. The number of hydrogen-bond donors (Lipinski definition) is 0. The Kier molecular flexibility index (Phi) is 2.57. The maximum atomic E-state index is 11.0. The molecule has 3 nitrogen and oxygen atoms in total. The van der Waals surface area contributed by atoms with Gasteiger partial charge in [0, 0.05) is 10.0 Å². The number of halogens is 1. The number of benzene rings is 2. The zero-order valence-electron chi connectivity index (χ0n) is 8.51. The summed E-state index contributed by atoms with van der Waals surface area (Å²) in [6, 6.07) is 11.8. The summed E-state index contributed by atoms with van der Waals surface area (Å²) in [5.74, 6) is 0.367. The number of fused-ring (bicyclic) bond motifs is 1. The van der Waals surface area contributed by atoms with E-state index in [1.807, 2.05) is 36.4 Å². The fraction of sp³-hybridized carbons (Fsp3) is 0. The normalized spacial score (nSPS) is 10.9. The van der Waals surface area contributed by atoms with Gasteiger partial charge in [0.1, 0.15) is 0 Å². The van der Waals surface area contributed by atoms with Crippen molar-refractivity contribution in [2.75, 3.05) is 0 Å². The van der Waals surface area contributed by atoms with Crippen LogP contribution in [-0.2, 0) is 0 Å². The average molecular weight is 308 g/mol. The summed E-state index contributed by atoms with van der Waals surface area (Å²) >= 11 is 4.33. The Hall–Kier alpha value is -1.46. The van der Waals surface area contributed by atoms with E-state index in [1.165, 1.54) is 0 Å². The van der Waals surface area contributed by atoms with Gasteiger partial charge in [0.25, 0.3) is 0 Å². The predicted octanol–water partition coefficient (Wildman–Crippen LogP) is 3.68. The zero-order valence-corrected chi connectivity index (χ0v) is 10.9. The van der Waals surface area contributed by atoms with Crippen molar-refractivity contribution in [3.05, 3.63) is 50.6 Å². The van der Waals surface area contributed by atoms with Gasteiger partial charge in [0.2, 0.25) is 5.89 Å². The Balaban J connectivity index is 2.28. The quantitative estimate of drug-likeness (QED) is 0.689. The molecule has 0 fully saturated rings. The molecule has 0 atom stereocenters. The highest BCUT2D eigenvalue weighted by atomic mass is 79.9. The summed E-state index contributed by atoms with van der Waals surface area (Å²) in [5.41, 5.74) is 0.800. The lowest BCUT2D eigenvalue weighted by Gasteiger charge is -2.02. The van der Waals surface area contributed by atoms with Gasteiger partial charge in [-0.2, -0.15) is 0 Å². The maximum Gasteiger partial charge on any atom is 0.414 e. The lowest BCUT2D eigenvalue weighted by Crippen LogP contribution is -1.83. The molecule has 2 aromatic carbocycles. The van der Waals surface area contributed by atoms with Gasteiger partial charge in [0.05, 0.1) is 11.5 Å². The van der Waals surface area contributed by atoms with Gasteiger partial charge in [-0.05, 0) is 22.9 Å². The van der Waals surface area contributed by atoms with Crippen molar-refractivity contribution in [2.24, 2.45) is 0 Å². The molecule has 0 amide bonds. The van der Waals surface area contributed by atoms with Crippen LogP contribution in [-0.4, -0.2) is 4.37 Å². The van der Waals surface area contributed by atoms with Crippen molar-refractivity contribution < 1.29 is 4.42 Å². The molecule has 0 aliphatic rings. The molecule has 0 N–H and O–H groups in total. The first-order chi connectivity index (χ1) is 8.24. The third-order valence-corrected chi connectivity index (χ3v) is 3.59. The summed E-state index contributed by atoms with van der Waals surface area (Å²) in [7, 11) is 0. The van der Waals surface area contributed by atoms with Crippen LogP contribution in [0.15, 0.2) is 50.1 Å². The second kappa shape index (κ2) is 4.09. The molecule has 3 aromatic rings. The van der Waals surface area contributed by atoms with Gasteiger partial charge < -0.3 is 4.42 Å². The lowest BCUT2D eigenvalue weighted by atomic mass is 10.1. The van der Waals surface area contributed by atoms with E-state index < -0.39 is 0 Å². The monoisotopic (exact) mass is 307 g/mol. The first kappa shape index (κ1) is 10.7. The molecule has 0 bridgehead atoms. The Morgan fingerprint density at radius 3 is 2.82 bits per heavy atom. The van der Waals surface area contributed by atoms with Crippen LogP contribution in [0.3, 0.4) is 0 Å². The Morgan fingerprint density at radius 1 is 1.24 bits per heavy atom. The Labute approximate surface area is 109 Å². The molecule has 3 rings (SSSR count). The smallest absolute Gasteiger partial charge is 0.394 e. The summed E-state index contributed by atoms with van der Waals surface area (Å²) in [5, 5.41) is 2.20. The van der Waals surface area contributed by atoms with Gasteiger partial charge in [-0.15, -0.1) is 4.37 Å². The van der Waals surface area contributed by atoms with Crippen LogP contribution in [0.25, 0.3) is 22.2 Å². The molecule has 0 radical (unpaired) electrons. The van der Waals surface area contributed by atoms with Crippen LogP contribution in [0, 0.1) is 0 Å². The zero-order chi connectivity index (χ0) is 11.8. The minimum Gasteiger partial charge on any atom is -0.394 e. The van der Waals surface area contributed by atoms with Gasteiger partial charge in [-0.1, -0.05) is 40.2 Å². The van der Waals surface area contributed by atoms with Crippen LogP contribution in [0.5, 0.6) is 0 Å². The van der Waals surface area contributed by atoms with E-state index in [4.69, 9.17) is 4.42 Å². The largest absolute Gasteiger partial charge is 0.414 e. The maximum absolute atomic E-state index is 11.0. The van der Waals surface area contributed by atoms with Crippen LogP contribution in [0.4, 0.5) is 0 Å². The second-order valence-electron chi connectivity index (χ2n) is 3.52. The van der Waals surface area contributed by atoms with E-state index in [1.54, 1.807) is 0 Å². The topological polar surface area (TPSA) is 43.1 Å². The molecule has 0 aliphatic carbocycles. The SMILES string of the molecule is O=c1oc(-c2cc(Br)c3ccccc3c2)ns1. The molecule has 1 aromatic heterocycles. The summed E-state index contributed by atoms with van der Waals surface area (Å²) in [6.07, 6.45) is 0. The highest BCUT2D eigenvalue weighted by Gasteiger charge is 2.08. The molecular weight excluding hydrogens is 302 g/mol. The van der Waals surface area contributed by atoms with E-state index in [0.29, 0.717) is 5.89 Å². The standard InChI is InChI=1S/C12H6BrNO2S/c13-10-6-8(11-14-17-12(15)16-11)5-7-3-1-2-4-9(7)10/h1-6H. The highest BCUT2D eigenvalue weighted by molar-refractivity contribution is 9.10. The number of hydrogen-bond acceptors (Lipinski definition) is 4. The molecule has 0 spiro atoms. The van der Waals surface area contributed by atoms with E-state index in [2.05, 4.69) is 20.3 Å². The van der Waals surface area contributed by atoms with E-state index in [0.717, 1.165) is 32.3 Å². The molecule has 84 valence electrons. The molecule has 0 aliphatic heterocycles. The van der Waals surface area contributed by atoms with Crippen LogP contribution in [0.1, 0.15) is 0 Å². The first-order valence-electron chi connectivity index (χ1n) is 4.89.